The van der Waals surface area contributed by atoms with Crippen LogP contribution in [0.4, 0.5) is 0 Å². The monoisotopic (exact) mass is 285 g/mol. The Labute approximate surface area is 121 Å². The summed E-state index contributed by atoms with van der Waals surface area (Å²) in [5.41, 5.74) is 8.86. The van der Waals surface area contributed by atoms with Crippen molar-refractivity contribution in [1.82, 2.24) is 19.9 Å². The quantitative estimate of drug-likeness (QED) is 0.720. The smallest absolute Gasteiger partial charge is 0.181 e. The van der Waals surface area contributed by atoms with Crippen LogP contribution in [-0.2, 0) is 0 Å². The Morgan fingerprint density at radius 2 is 2.10 bits per heavy atom. The van der Waals surface area contributed by atoms with Crippen molar-refractivity contribution in [3.8, 4) is 0 Å². The summed E-state index contributed by atoms with van der Waals surface area (Å²) in [5, 5.41) is 0.864. The van der Waals surface area contributed by atoms with Gasteiger partial charge in [-0.25, -0.2) is 15.0 Å². The van der Waals surface area contributed by atoms with Gasteiger partial charge in [0, 0.05) is 10.9 Å². The molecule has 3 rings (SSSR count). The second-order valence-electron chi connectivity index (χ2n) is 4.43. The zero-order valence-electron chi connectivity index (χ0n) is 11.1. The zero-order valence-corrected chi connectivity index (χ0v) is 11.9. The lowest BCUT2D eigenvalue weighted by molar-refractivity contribution is 0.685. The van der Waals surface area contributed by atoms with E-state index in [9.17, 15) is 0 Å². The molecule has 0 bridgehead atoms. The summed E-state index contributed by atoms with van der Waals surface area (Å²) in [5.74, 6) is 0. The Balaban J connectivity index is 2.01. The summed E-state index contributed by atoms with van der Waals surface area (Å²) in [6.07, 6.45) is 4.07. The van der Waals surface area contributed by atoms with Crippen molar-refractivity contribution < 1.29 is 0 Å². The third-order valence-corrected chi connectivity index (χ3v) is 4.25. The zero-order chi connectivity index (χ0) is 13.9. The molecule has 0 radical (unpaired) electrons. The van der Waals surface area contributed by atoms with E-state index in [0.717, 1.165) is 27.4 Å². The average molecular weight is 285 g/mol. The highest BCUT2D eigenvalue weighted by molar-refractivity contribution is 7.99. The fraction of sp³-hybridized carbons (Fsp3) is 0.214. The van der Waals surface area contributed by atoms with Crippen LogP contribution in [0.3, 0.4) is 0 Å². The van der Waals surface area contributed by atoms with Crippen molar-refractivity contribution >= 4 is 22.9 Å². The van der Waals surface area contributed by atoms with E-state index in [2.05, 4.69) is 39.0 Å². The first-order valence-electron chi connectivity index (χ1n) is 6.46. The Morgan fingerprint density at radius 1 is 1.25 bits per heavy atom. The number of benzene rings is 1. The van der Waals surface area contributed by atoms with E-state index in [0.29, 0.717) is 5.65 Å². The summed E-state index contributed by atoms with van der Waals surface area (Å²) < 4.78 is 0. The predicted octanol–water partition coefficient (Wildman–Crippen LogP) is 2.91. The first kappa shape index (κ1) is 13.1. The Bertz CT molecular complexity index is 724. The van der Waals surface area contributed by atoms with Gasteiger partial charge in [-0.2, -0.15) is 0 Å². The van der Waals surface area contributed by atoms with Gasteiger partial charge in [0.15, 0.2) is 5.65 Å². The summed E-state index contributed by atoms with van der Waals surface area (Å²) >= 11 is 1.59. The Hall–Kier alpha value is -1.92. The number of aromatic nitrogens is 4. The van der Waals surface area contributed by atoms with E-state index < -0.39 is 0 Å². The number of fused-ring (bicyclic) bond motifs is 1. The number of nitrogens with two attached hydrogens (primary N) is 1. The van der Waals surface area contributed by atoms with Crippen molar-refractivity contribution in [2.75, 3.05) is 0 Å². The van der Waals surface area contributed by atoms with Crippen LogP contribution in [0.1, 0.15) is 24.9 Å². The van der Waals surface area contributed by atoms with E-state index in [-0.39, 0.29) is 6.04 Å². The highest BCUT2D eigenvalue weighted by Crippen LogP contribution is 2.34. The van der Waals surface area contributed by atoms with Crippen LogP contribution in [0.5, 0.6) is 0 Å². The Morgan fingerprint density at radius 3 is 2.95 bits per heavy atom. The number of rotatable bonds is 4. The third kappa shape index (κ3) is 2.39. The molecular weight excluding hydrogens is 270 g/mol. The number of nitrogens with one attached hydrogen (secondary N) is 1. The van der Waals surface area contributed by atoms with Gasteiger partial charge in [0.2, 0.25) is 0 Å². The molecule has 0 amide bonds. The topological polar surface area (TPSA) is 80.5 Å². The van der Waals surface area contributed by atoms with E-state index in [1.54, 1.807) is 18.1 Å². The predicted molar refractivity (Wildman–Crippen MR) is 79.5 cm³/mol. The first-order valence-corrected chi connectivity index (χ1v) is 7.27. The van der Waals surface area contributed by atoms with Crippen LogP contribution in [0.25, 0.3) is 11.2 Å². The molecule has 6 heteroatoms. The number of hydrogen-bond donors (Lipinski definition) is 2. The van der Waals surface area contributed by atoms with Crippen molar-refractivity contribution in [1.29, 1.82) is 0 Å². The Kier molecular flexibility index (Phi) is 3.66. The number of imidazole rings is 1. The lowest BCUT2D eigenvalue weighted by Crippen LogP contribution is -2.09. The molecule has 0 aliphatic heterocycles. The fourth-order valence-corrected chi connectivity index (χ4v) is 3.07. The highest BCUT2D eigenvalue weighted by Gasteiger charge is 2.13. The molecule has 3 N–H and O–H groups in total. The van der Waals surface area contributed by atoms with Gasteiger partial charge in [0.1, 0.15) is 16.9 Å². The summed E-state index contributed by atoms with van der Waals surface area (Å²) in [6.45, 7) is 2.09. The number of nitrogens with zero attached hydrogens (tertiary/aromatic N) is 3. The van der Waals surface area contributed by atoms with Gasteiger partial charge in [0.25, 0.3) is 0 Å². The summed E-state index contributed by atoms with van der Waals surface area (Å²) in [6, 6.07) is 8.21. The molecule has 1 unspecified atom stereocenters. The molecule has 0 saturated carbocycles. The molecule has 1 atom stereocenters. The second kappa shape index (κ2) is 5.60. The minimum Gasteiger partial charge on any atom is -0.341 e. The van der Waals surface area contributed by atoms with Gasteiger partial charge in [-0.05, 0) is 18.1 Å². The van der Waals surface area contributed by atoms with Gasteiger partial charge >= 0.3 is 0 Å². The standard InChI is InChI=1S/C14H15N5S/c1-2-10(15)9-5-3-4-6-11(9)20-14-12-13(17-7-16-12)18-8-19-14/h3-8,10H,2,15H2,1H3,(H,16,17,18,19). The maximum atomic E-state index is 6.18. The molecule has 2 heterocycles. The molecule has 0 saturated heterocycles. The molecule has 1 aromatic carbocycles. The van der Waals surface area contributed by atoms with Crippen molar-refractivity contribution in [3.63, 3.8) is 0 Å². The summed E-state index contributed by atoms with van der Waals surface area (Å²) in [4.78, 5) is 16.8. The maximum absolute atomic E-state index is 6.18. The molecule has 102 valence electrons. The summed E-state index contributed by atoms with van der Waals surface area (Å²) in [7, 11) is 0. The first-order chi connectivity index (χ1) is 9.79. The van der Waals surface area contributed by atoms with E-state index in [4.69, 9.17) is 5.73 Å². The lowest BCUT2D eigenvalue weighted by atomic mass is 10.1. The van der Waals surface area contributed by atoms with Crippen LogP contribution in [0, 0.1) is 0 Å². The van der Waals surface area contributed by atoms with E-state index >= 15 is 0 Å². The van der Waals surface area contributed by atoms with Crippen LogP contribution in [-0.4, -0.2) is 19.9 Å². The van der Waals surface area contributed by atoms with E-state index in [1.165, 1.54) is 6.33 Å². The number of H-pyrrole nitrogens is 1. The maximum Gasteiger partial charge on any atom is 0.181 e. The van der Waals surface area contributed by atoms with Crippen LogP contribution < -0.4 is 5.73 Å². The average Bonchev–Trinajstić information content (AvgIpc) is 2.96. The number of hydrogen-bond acceptors (Lipinski definition) is 5. The SMILES string of the molecule is CCC(N)c1ccccc1Sc1ncnc2nc[nH]c12. The third-order valence-electron chi connectivity index (χ3n) is 3.15. The minimum atomic E-state index is 0.0396. The van der Waals surface area contributed by atoms with Crippen LogP contribution in [0.15, 0.2) is 46.8 Å². The van der Waals surface area contributed by atoms with Gasteiger partial charge in [-0.3, -0.25) is 0 Å². The van der Waals surface area contributed by atoms with Crippen molar-refractivity contribution in [2.45, 2.75) is 29.3 Å². The molecule has 3 aromatic rings. The van der Waals surface area contributed by atoms with Crippen molar-refractivity contribution in [2.24, 2.45) is 5.73 Å². The molecule has 20 heavy (non-hydrogen) atoms. The van der Waals surface area contributed by atoms with E-state index in [1.807, 2.05) is 12.1 Å². The molecule has 0 spiro atoms. The van der Waals surface area contributed by atoms with Gasteiger partial charge in [0.05, 0.1) is 6.33 Å². The van der Waals surface area contributed by atoms with Gasteiger partial charge in [-0.15, -0.1) is 0 Å². The van der Waals surface area contributed by atoms with Crippen LogP contribution in [0.2, 0.25) is 0 Å². The highest BCUT2D eigenvalue weighted by atomic mass is 32.2. The van der Waals surface area contributed by atoms with Gasteiger partial charge < -0.3 is 10.7 Å². The molecule has 0 fully saturated rings. The molecule has 0 aliphatic carbocycles. The van der Waals surface area contributed by atoms with Crippen LogP contribution >= 0.6 is 11.8 Å². The lowest BCUT2D eigenvalue weighted by Gasteiger charge is -2.14. The normalized spacial score (nSPS) is 12.7. The van der Waals surface area contributed by atoms with Crippen molar-refractivity contribution in [3.05, 3.63) is 42.5 Å². The largest absolute Gasteiger partial charge is 0.341 e. The van der Waals surface area contributed by atoms with Gasteiger partial charge in [-0.1, -0.05) is 36.9 Å². The molecular formula is C14H15N5S. The number of aromatic amines is 1. The molecule has 0 aliphatic rings. The fourth-order valence-electron chi connectivity index (χ4n) is 2.02. The minimum absolute atomic E-state index is 0.0396. The molecule has 2 aromatic heterocycles. The second-order valence-corrected chi connectivity index (χ2v) is 5.47. The molecule has 5 nitrogen and oxygen atoms in total.